The molecule has 0 radical (unpaired) electrons. The summed E-state index contributed by atoms with van der Waals surface area (Å²) in [6, 6.07) is 15.3. The number of nitrogens with zero attached hydrogens (tertiary/aromatic N) is 1. The molecule has 1 N–H and O–H groups in total. The van der Waals surface area contributed by atoms with E-state index in [9.17, 15) is 8.42 Å². The zero-order valence-electron chi connectivity index (χ0n) is 14.3. The van der Waals surface area contributed by atoms with Gasteiger partial charge in [-0.05, 0) is 54.7 Å². The summed E-state index contributed by atoms with van der Waals surface area (Å²) in [6.45, 7) is 4.42. The summed E-state index contributed by atoms with van der Waals surface area (Å²) in [5, 5.41) is 0.608. The molecule has 4 nitrogen and oxygen atoms in total. The van der Waals surface area contributed by atoms with Crippen LogP contribution in [-0.4, -0.2) is 28.1 Å². The summed E-state index contributed by atoms with van der Waals surface area (Å²) in [6.07, 6.45) is 0.997. The Balaban J connectivity index is 1.52. The molecule has 0 amide bonds. The van der Waals surface area contributed by atoms with Crippen LogP contribution in [0.3, 0.4) is 0 Å². The molecular weight excluding hydrogens is 356 g/mol. The fourth-order valence-corrected chi connectivity index (χ4v) is 4.50. The van der Waals surface area contributed by atoms with E-state index >= 15 is 0 Å². The topological polar surface area (TPSA) is 49.4 Å². The fraction of sp³-hybridized carbons (Fsp3) is 0.368. The van der Waals surface area contributed by atoms with Gasteiger partial charge in [-0.3, -0.25) is 0 Å². The first-order chi connectivity index (χ1) is 11.9. The SMILES string of the molecule is Cc1cccc(N2CCC(CNS(=O)(=O)Cc3ccc(Cl)cc3)C2)c1. The van der Waals surface area contributed by atoms with Crippen molar-refractivity contribution in [1.82, 2.24) is 4.72 Å². The summed E-state index contributed by atoms with van der Waals surface area (Å²) < 4.78 is 27.3. The lowest BCUT2D eigenvalue weighted by atomic mass is 10.1. The average Bonchev–Trinajstić information content (AvgIpc) is 3.04. The van der Waals surface area contributed by atoms with Gasteiger partial charge in [-0.2, -0.15) is 0 Å². The standard InChI is InChI=1S/C19H23ClN2O2S/c1-15-3-2-4-19(11-15)22-10-9-17(13-22)12-21-25(23,24)14-16-5-7-18(20)8-6-16/h2-8,11,17,21H,9-10,12-14H2,1H3. The third-order valence-corrected chi connectivity index (χ3v) is 6.09. The molecule has 2 aromatic carbocycles. The maximum atomic E-state index is 12.3. The van der Waals surface area contributed by atoms with E-state index in [0.29, 0.717) is 17.5 Å². The van der Waals surface area contributed by atoms with Crippen molar-refractivity contribution in [3.63, 3.8) is 0 Å². The number of halogens is 1. The molecule has 0 spiro atoms. The van der Waals surface area contributed by atoms with Gasteiger partial charge in [0.15, 0.2) is 0 Å². The van der Waals surface area contributed by atoms with Gasteiger partial charge in [0, 0.05) is 30.3 Å². The van der Waals surface area contributed by atoms with Gasteiger partial charge in [0.05, 0.1) is 5.75 Å². The van der Waals surface area contributed by atoms with Crippen LogP contribution in [0.2, 0.25) is 5.02 Å². The summed E-state index contributed by atoms with van der Waals surface area (Å²) in [4.78, 5) is 2.32. The molecule has 1 aliphatic heterocycles. The molecule has 1 saturated heterocycles. The quantitative estimate of drug-likeness (QED) is 0.835. The minimum atomic E-state index is -3.34. The van der Waals surface area contributed by atoms with Gasteiger partial charge < -0.3 is 4.90 Å². The highest BCUT2D eigenvalue weighted by atomic mass is 35.5. The van der Waals surface area contributed by atoms with E-state index in [1.54, 1.807) is 24.3 Å². The first-order valence-electron chi connectivity index (χ1n) is 8.45. The summed E-state index contributed by atoms with van der Waals surface area (Å²) in [5.41, 5.74) is 3.20. The highest BCUT2D eigenvalue weighted by Crippen LogP contribution is 2.24. The van der Waals surface area contributed by atoms with E-state index in [2.05, 4.69) is 40.8 Å². The van der Waals surface area contributed by atoms with Gasteiger partial charge in [0.25, 0.3) is 0 Å². The number of aryl methyl sites for hydroxylation is 1. The largest absolute Gasteiger partial charge is 0.371 e. The van der Waals surface area contributed by atoms with Gasteiger partial charge in [-0.15, -0.1) is 0 Å². The molecule has 2 aromatic rings. The van der Waals surface area contributed by atoms with E-state index in [0.717, 1.165) is 25.1 Å². The minimum absolute atomic E-state index is 0.0154. The van der Waals surface area contributed by atoms with Crippen molar-refractivity contribution in [2.24, 2.45) is 5.92 Å². The van der Waals surface area contributed by atoms with Crippen molar-refractivity contribution in [3.8, 4) is 0 Å². The number of benzene rings is 2. The number of nitrogens with one attached hydrogen (secondary N) is 1. The summed E-state index contributed by atoms with van der Waals surface area (Å²) >= 11 is 5.83. The number of hydrogen-bond donors (Lipinski definition) is 1. The molecule has 134 valence electrons. The van der Waals surface area contributed by atoms with Crippen LogP contribution in [-0.2, 0) is 15.8 Å². The van der Waals surface area contributed by atoms with Crippen molar-refractivity contribution < 1.29 is 8.42 Å². The molecule has 1 fully saturated rings. The highest BCUT2D eigenvalue weighted by Gasteiger charge is 2.24. The number of anilines is 1. The van der Waals surface area contributed by atoms with Gasteiger partial charge in [-0.1, -0.05) is 35.9 Å². The molecule has 25 heavy (non-hydrogen) atoms. The monoisotopic (exact) mass is 378 g/mol. The average molecular weight is 379 g/mol. The van der Waals surface area contributed by atoms with Crippen LogP contribution >= 0.6 is 11.6 Å². The smallest absolute Gasteiger partial charge is 0.215 e. The lowest BCUT2D eigenvalue weighted by Crippen LogP contribution is -2.31. The second-order valence-corrected chi connectivity index (χ2v) is 8.92. The van der Waals surface area contributed by atoms with E-state index in [-0.39, 0.29) is 5.75 Å². The van der Waals surface area contributed by atoms with E-state index < -0.39 is 10.0 Å². The first kappa shape index (κ1) is 18.2. The number of rotatable bonds is 6. The molecule has 1 atom stereocenters. The van der Waals surface area contributed by atoms with Crippen molar-refractivity contribution in [3.05, 3.63) is 64.7 Å². The predicted molar refractivity (Wildman–Crippen MR) is 104 cm³/mol. The maximum absolute atomic E-state index is 12.3. The fourth-order valence-electron chi connectivity index (χ4n) is 3.15. The Kier molecular flexibility index (Phi) is 5.67. The second kappa shape index (κ2) is 7.77. The van der Waals surface area contributed by atoms with E-state index in [1.165, 1.54) is 11.3 Å². The number of hydrogen-bond acceptors (Lipinski definition) is 3. The van der Waals surface area contributed by atoms with Crippen molar-refractivity contribution in [2.45, 2.75) is 19.1 Å². The Hall–Kier alpha value is -1.56. The minimum Gasteiger partial charge on any atom is -0.371 e. The molecule has 0 aromatic heterocycles. The zero-order valence-corrected chi connectivity index (χ0v) is 15.9. The van der Waals surface area contributed by atoms with Crippen molar-refractivity contribution in [1.29, 1.82) is 0 Å². The van der Waals surface area contributed by atoms with Crippen LogP contribution < -0.4 is 9.62 Å². The van der Waals surface area contributed by atoms with Gasteiger partial charge in [0.2, 0.25) is 10.0 Å². The summed E-state index contributed by atoms with van der Waals surface area (Å²) in [5.74, 6) is 0.318. The molecule has 3 rings (SSSR count). The van der Waals surface area contributed by atoms with E-state index in [4.69, 9.17) is 11.6 Å². The Morgan fingerprint density at radius 3 is 2.68 bits per heavy atom. The second-order valence-electron chi connectivity index (χ2n) is 6.67. The normalized spacial score (nSPS) is 17.8. The van der Waals surface area contributed by atoms with Crippen LogP contribution in [0.5, 0.6) is 0 Å². The molecule has 1 aliphatic rings. The first-order valence-corrected chi connectivity index (χ1v) is 10.5. The molecular formula is C19H23ClN2O2S. The Bertz CT molecular complexity index is 822. The lowest BCUT2D eigenvalue weighted by Gasteiger charge is -2.19. The van der Waals surface area contributed by atoms with Gasteiger partial charge >= 0.3 is 0 Å². The Morgan fingerprint density at radius 2 is 1.96 bits per heavy atom. The molecule has 0 aliphatic carbocycles. The Morgan fingerprint density at radius 1 is 1.20 bits per heavy atom. The third-order valence-electron chi connectivity index (χ3n) is 4.51. The lowest BCUT2D eigenvalue weighted by molar-refractivity contribution is 0.541. The molecule has 0 bridgehead atoms. The van der Waals surface area contributed by atoms with Crippen molar-refractivity contribution in [2.75, 3.05) is 24.5 Å². The zero-order chi connectivity index (χ0) is 17.9. The molecule has 1 heterocycles. The predicted octanol–water partition coefficient (Wildman–Crippen LogP) is 3.59. The maximum Gasteiger partial charge on any atom is 0.215 e. The third kappa shape index (κ3) is 5.21. The molecule has 0 saturated carbocycles. The van der Waals surface area contributed by atoms with E-state index in [1.807, 2.05) is 0 Å². The van der Waals surface area contributed by atoms with Crippen LogP contribution in [0.25, 0.3) is 0 Å². The van der Waals surface area contributed by atoms with Gasteiger partial charge in [0.1, 0.15) is 0 Å². The Labute approximate surface area is 154 Å². The van der Waals surface area contributed by atoms with Crippen LogP contribution in [0.15, 0.2) is 48.5 Å². The summed E-state index contributed by atoms with van der Waals surface area (Å²) in [7, 11) is -3.34. The van der Waals surface area contributed by atoms with Crippen molar-refractivity contribution >= 4 is 27.3 Å². The highest BCUT2D eigenvalue weighted by molar-refractivity contribution is 7.88. The van der Waals surface area contributed by atoms with Crippen LogP contribution in [0, 0.1) is 12.8 Å². The van der Waals surface area contributed by atoms with Crippen LogP contribution in [0.4, 0.5) is 5.69 Å². The molecule has 1 unspecified atom stereocenters. The molecule has 6 heteroatoms. The number of sulfonamides is 1. The van der Waals surface area contributed by atoms with Gasteiger partial charge in [-0.25, -0.2) is 13.1 Å². The van der Waals surface area contributed by atoms with Crippen LogP contribution in [0.1, 0.15) is 17.5 Å².